The maximum absolute atomic E-state index is 12.5. The number of amides is 1. The number of benzene rings is 1. The lowest BCUT2D eigenvalue weighted by molar-refractivity contribution is -0.116. The van der Waals surface area contributed by atoms with Gasteiger partial charge >= 0.3 is 0 Å². The first kappa shape index (κ1) is 18.8. The van der Waals surface area contributed by atoms with Gasteiger partial charge in [-0.25, -0.2) is 12.7 Å². The lowest BCUT2D eigenvalue weighted by atomic mass is 10.1. The van der Waals surface area contributed by atoms with Gasteiger partial charge in [0.15, 0.2) is 0 Å². The first-order valence-electron chi connectivity index (χ1n) is 7.83. The Kier molecular flexibility index (Phi) is 6.44. The Morgan fingerprint density at radius 3 is 2.56 bits per heavy atom. The number of sulfonamides is 1. The second-order valence-electron chi connectivity index (χ2n) is 5.42. The molecule has 2 aromatic rings. The quantitative estimate of drug-likeness (QED) is 0.578. The Hall–Kier alpha value is -2.51. The highest BCUT2D eigenvalue weighted by Crippen LogP contribution is 2.19. The molecule has 1 heterocycles. The monoisotopic (exact) mass is 359 g/mol. The van der Waals surface area contributed by atoms with E-state index in [4.69, 9.17) is 0 Å². The number of nitrogens with one attached hydrogen (secondary N) is 1. The average molecular weight is 359 g/mol. The third-order valence-corrected chi connectivity index (χ3v) is 5.49. The normalized spacial score (nSPS) is 11.3. The third-order valence-electron chi connectivity index (χ3n) is 3.65. The van der Waals surface area contributed by atoms with E-state index in [1.165, 1.54) is 23.6 Å². The molecule has 0 saturated carbocycles. The molecule has 0 radical (unpaired) electrons. The van der Waals surface area contributed by atoms with Crippen molar-refractivity contribution in [3.8, 4) is 11.3 Å². The van der Waals surface area contributed by atoms with E-state index in [1.54, 1.807) is 12.1 Å². The van der Waals surface area contributed by atoms with Gasteiger partial charge in [0.2, 0.25) is 15.9 Å². The number of aromatic nitrogens is 1. The number of hydrogen-bond acceptors (Lipinski definition) is 4. The molecule has 7 heteroatoms. The van der Waals surface area contributed by atoms with Crippen molar-refractivity contribution >= 4 is 15.9 Å². The zero-order valence-corrected chi connectivity index (χ0v) is 14.9. The van der Waals surface area contributed by atoms with Crippen LogP contribution in [0.5, 0.6) is 0 Å². The van der Waals surface area contributed by atoms with Crippen molar-refractivity contribution < 1.29 is 13.2 Å². The Bertz CT molecular complexity index is 818. The van der Waals surface area contributed by atoms with Crippen LogP contribution in [0.15, 0.2) is 66.2 Å². The Morgan fingerprint density at radius 2 is 1.96 bits per heavy atom. The standard InChI is InChI=1S/C18H21N3O3S/c1-3-18(22)19-12-7-13-21(2)25(23,24)16-10-11-17(20-14-16)15-8-5-4-6-9-15/h3-6,8-11,14H,1,7,12-13H2,2H3,(H,19,22). The molecule has 0 aliphatic heterocycles. The smallest absolute Gasteiger partial charge is 0.244 e. The minimum absolute atomic E-state index is 0.143. The topological polar surface area (TPSA) is 79.4 Å². The van der Waals surface area contributed by atoms with Crippen molar-refractivity contribution in [2.24, 2.45) is 0 Å². The molecule has 0 aliphatic carbocycles. The van der Waals surface area contributed by atoms with Gasteiger partial charge in [0.05, 0.1) is 5.69 Å². The van der Waals surface area contributed by atoms with E-state index in [0.717, 1.165) is 5.56 Å². The van der Waals surface area contributed by atoms with Crippen LogP contribution >= 0.6 is 0 Å². The molecular formula is C18H21N3O3S. The fraction of sp³-hybridized carbons (Fsp3) is 0.222. The summed E-state index contributed by atoms with van der Waals surface area (Å²) in [5.41, 5.74) is 1.65. The molecule has 0 aliphatic rings. The predicted octanol–water partition coefficient (Wildman–Crippen LogP) is 2.06. The summed E-state index contributed by atoms with van der Waals surface area (Å²) in [6.45, 7) is 4.03. The van der Waals surface area contributed by atoms with Gasteiger partial charge in [-0.05, 0) is 24.6 Å². The fourth-order valence-corrected chi connectivity index (χ4v) is 3.35. The highest BCUT2D eigenvalue weighted by atomic mass is 32.2. The Labute approximate surface area is 148 Å². The van der Waals surface area contributed by atoms with Crippen molar-refractivity contribution in [2.45, 2.75) is 11.3 Å². The summed E-state index contributed by atoms with van der Waals surface area (Å²) in [6, 6.07) is 12.8. The molecule has 0 atom stereocenters. The van der Waals surface area contributed by atoms with E-state index in [1.807, 2.05) is 30.3 Å². The van der Waals surface area contributed by atoms with Crippen molar-refractivity contribution in [3.63, 3.8) is 0 Å². The average Bonchev–Trinajstić information content (AvgIpc) is 2.65. The molecule has 0 bridgehead atoms. The molecule has 1 N–H and O–H groups in total. The van der Waals surface area contributed by atoms with Crippen molar-refractivity contribution in [1.82, 2.24) is 14.6 Å². The fourth-order valence-electron chi connectivity index (χ4n) is 2.20. The van der Waals surface area contributed by atoms with E-state index >= 15 is 0 Å². The summed E-state index contributed by atoms with van der Waals surface area (Å²) in [6.07, 6.45) is 3.05. The van der Waals surface area contributed by atoms with Crippen LogP contribution in [0.1, 0.15) is 6.42 Å². The number of carbonyl (C=O) groups is 1. The largest absolute Gasteiger partial charge is 0.353 e. The van der Waals surface area contributed by atoms with Crippen LogP contribution in [0.3, 0.4) is 0 Å². The van der Waals surface area contributed by atoms with Crippen molar-refractivity contribution in [2.75, 3.05) is 20.1 Å². The summed E-state index contributed by atoms with van der Waals surface area (Å²) < 4.78 is 26.3. The minimum atomic E-state index is -3.61. The maximum Gasteiger partial charge on any atom is 0.244 e. The Balaban J connectivity index is 2.01. The summed E-state index contributed by atoms with van der Waals surface area (Å²) in [7, 11) is -2.10. The van der Waals surface area contributed by atoms with Gasteiger partial charge < -0.3 is 5.32 Å². The number of pyridine rings is 1. The van der Waals surface area contributed by atoms with Gasteiger partial charge in [-0.2, -0.15) is 0 Å². The van der Waals surface area contributed by atoms with E-state index in [2.05, 4.69) is 16.9 Å². The predicted molar refractivity (Wildman–Crippen MR) is 97.3 cm³/mol. The van der Waals surface area contributed by atoms with Crippen LogP contribution in [0.2, 0.25) is 0 Å². The third kappa shape index (κ3) is 4.98. The van der Waals surface area contributed by atoms with Crippen LogP contribution < -0.4 is 5.32 Å². The van der Waals surface area contributed by atoms with Crippen LogP contribution in [-0.4, -0.2) is 43.8 Å². The molecular weight excluding hydrogens is 338 g/mol. The molecule has 25 heavy (non-hydrogen) atoms. The summed E-state index contributed by atoms with van der Waals surface area (Å²) in [4.78, 5) is 15.5. The van der Waals surface area contributed by atoms with Crippen LogP contribution in [0.25, 0.3) is 11.3 Å². The van der Waals surface area contributed by atoms with Crippen molar-refractivity contribution in [1.29, 1.82) is 0 Å². The van der Waals surface area contributed by atoms with Crippen LogP contribution in [0, 0.1) is 0 Å². The van der Waals surface area contributed by atoms with Crippen LogP contribution in [0.4, 0.5) is 0 Å². The lowest BCUT2D eigenvalue weighted by Gasteiger charge is -2.17. The van der Waals surface area contributed by atoms with Gasteiger partial charge in [-0.15, -0.1) is 0 Å². The molecule has 0 saturated heterocycles. The molecule has 0 spiro atoms. The molecule has 0 unspecified atom stereocenters. The minimum Gasteiger partial charge on any atom is -0.353 e. The molecule has 1 aromatic carbocycles. The van der Waals surface area contributed by atoms with E-state index in [0.29, 0.717) is 25.2 Å². The van der Waals surface area contributed by atoms with Gasteiger partial charge in [0.25, 0.3) is 0 Å². The summed E-state index contributed by atoms with van der Waals surface area (Å²) in [5.74, 6) is -0.272. The van der Waals surface area contributed by atoms with E-state index in [9.17, 15) is 13.2 Å². The first-order valence-corrected chi connectivity index (χ1v) is 9.27. The second-order valence-corrected chi connectivity index (χ2v) is 7.47. The molecule has 2 rings (SSSR count). The molecule has 1 amide bonds. The van der Waals surface area contributed by atoms with Crippen LogP contribution in [-0.2, 0) is 14.8 Å². The zero-order chi connectivity index (χ0) is 18.3. The summed E-state index contributed by atoms with van der Waals surface area (Å²) >= 11 is 0. The van der Waals surface area contributed by atoms with Gasteiger partial charge in [-0.3, -0.25) is 9.78 Å². The van der Waals surface area contributed by atoms with Gasteiger partial charge in [0, 0.05) is 31.9 Å². The zero-order valence-electron chi connectivity index (χ0n) is 14.1. The first-order chi connectivity index (χ1) is 11.9. The maximum atomic E-state index is 12.5. The summed E-state index contributed by atoms with van der Waals surface area (Å²) in [5, 5.41) is 2.61. The van der Waals surface area contributed by atoms with E-state index in [-0.39, 0.29) is 10.8 Å². The second kappa shape index (κ2) is 8.55. The number of carbonyl (C=O) groups excluding carboxylic acids is 1. The molecule has 132 valence electrons. The van der Waals surface area contributed by atoms with E-state index < -0.39 is 10.0 Å². The SMILES string of the molecule is C=CC(=O)NCCCN(C)S(=O)(=O)c1ccc(-c2ccccc2)nc1. The lowest BCUT2D eigenvalue weighted by Crippen LogP contribution is -2.31. The number of rotatable bonds is 8. The highest BCUT2D eigenvalue weighted by Gasteiger charge is 2.20. The van der Waals surface area contributed by atoms with Crippen molar-refractivity contribution in [3.05, 3.63) is 61.3 Å². The number of hydrogen-bond donors (Lipinski definition) is 1. The van der Waals surface area contributed by atoms with Gasteiger partial charge in [-0.1, -0.05) is 36.9 Å². The molecule has 0 fully saturated rings. The molecule has 1 aromatic heterocycles. The highest BCUT2D eigenvalue weighted by molar-refractivity contribution is 7.89. The number of nitrogens with zero attached hydrogens (tertiary/aromatic N) is 2. The molecule has 6 nitrogen and oxygen atoms in total. The Morgan fingerprint density at radius 1 is 1.24 bits per heavy atom. The van der Waals surface area contributed by atoms with Gasteiger partial charge in [0.1, 0.15) is 4.90 Å².